The molecule has 160 valence electrons. The van der Waals surface area contributed by atoms with Crippen molar-refractivity contribution in [2.75, 3.05) is 49.0 Å². The number of amides is 1. The van der Waals surface area contributed by atoms with E-state index in [0.717, 1.165) is 6.42 Å². The van der Waals surface area contributed by atoms with E-state index >= 15 is 0 Å². The number of nitrogens with one attached hydrogen (secondary N) is 2. The number of aromatic amines is 1. The zero-order valence-corrected chi connectivity index (χ0v) is 18.2. The number of nitrogens with two attached hydrogens (primary N) is 1. The van der Waals surface area contributed by atoms with Gasteiger partial charge in [-0.25, -0.2) is 4.79 Å². The second kappa shape index (κ2) is 11.0. The first-order chi connectivity index (χ1) is 13.9. The molecule has 0 aliphatic rings. The van der Waals surface area contributed by atoms with Crippen molar-refractivity contribution in [3.8, 4) is 0 Å². The number of rotatable bonds is 11. The average molecular weight is 444 g/mol. The number of carbonyl (C=O) groups excluding carboxylic acids is 1. The van der Waals surface area contributed by atoms with Gasteiger partial charge >= 0.3 is 5.69 Å². The lowest BCUT2D eigenvalue weighted by Gasteiger charge is -2.24. The number of hydrogen-bond donors (Lipinski definition) is 3. The highest BCUT2D eigenvalue weighted by Crippen LogP contribution is 2.26. The minimum Gasteiger partial charge on any atom is -0.383 e. The summed E-state index contributed by atoms with van der Waals surface area (Å²) in [4.78, 5) is 41.1. The van der Waals surface area contributed by atoms with Crippen LogP contribution in [-0.4, -0.2) is 58.7 Å². The number of carbonyl (C=O) groups is 1. The standard InChI is InChI=1S/C16H25N7O4S2/c1-4-5-6-23-12(17)11(13(25)19-15(23)26)22(7-8-27-3)10(24)9-28-16-21-20-14(18-2)29-16/h4-9,17H2,1-3H3,(H,18,20)(H,19,25,26). The lowest BCUT2D eigenvalue weighted by atomic mass is 10.3. The molecule has 2 aromatic heterocycles. The summed E-state index contributed by atoms with van der Waals surface area (Å²) in [6.45, 7) is 2.65. The Kier molecular flexibility index (Phi) is 8.67. The molecule has 0 aliphatic carbocycles. The average Bonchev–Trinajstić information content (AvgIpc) is 3.16. The molecule has 4 N–H and O–H groups in total. The fraction of sp³-hybridized carbons (Fsp3) is 0.562. The minimum atomic E-state index is -0.705. The van der Waals surface area contributed by atoms with Gasteiger partial charge in [-0.3, -0.25) is 19.1 Å². The summed E-state index contributed by atoms with van der Waals surface area (Å²) in [6, 6.07) is 0. The second-order valence-corrected chi connectivity index (χ2v) is 8.15. The molecular weight excluding hydrogens is 418 g/mol. The Hall–Kier alpha value is -2.38. The van der Waals surface area contributed by atoms with Crippen LogP contribution in [0, 0.1) is 0 Å². The Balaban J connectivity index is 2.31. The van der Waals surface area contributed by atoms with E-state index in [-0.39, 0.29) is 36.3 Å². The first kappa shape index (κ1) is 22.9. The third kappa shape index (κ3) is 5.81. The summed E-state index contributed by atoms with van der Waals surface area (Å²) in [5.41, 5.74) is 4.80. The minimum absolute atomic E-state index is 0.0228. The first-order valence-corrected chi connectivity index (χ1v) is 10.8. The predicted octanol–water partition coefficient (Wildman–Crippen LogP) is 0.584. The van der Waals surface area contributed by atoms with Gasteiger partial charge in [0.15, 0.2) is 10.0 Å². The van der Waals surface area contributed by atoms with Gasteiger partial charge in [0.05, 0.1) is 12.4 Å². The quantitative estimate of drug-likeness (QED) is 0.424. The molecule has 0 atom stereocenters. The largest absolute Gasteiger partial charge is 0.383 e. The maximum atomic E-state index is 12.9. The number of aromatic nitrogens is 4. The molecule has 0 spiro atoms. The smallest absolute Gasteiger partial charge is 0.330 e. The highest BCUT2D eigenvalue weighted by atomic mass is 32.2. The van der Waals surface area contributed by atoms with Crippen LogP contribution >= 0.6 is 23.1 Å². The zero-order valence-electron chi connectivity index (χ0n) is 16.6. The molecule has 0 aliphatic heterocycles. The van der Waals surface area contributed by atoms with Crippen molar-refractivity contribution in [3.63, 3.8) is 0 Å². The fourth-order valence-corrected chi connectivity index (χ4v) is 4.07. The Morgan fingerprint density at radius 3 is 2.79 bits per heavy atom. The molecule has 2 rings (SSSR count). The van der Waals surface area contributed by atoms with E-state index in [1.165, 1.54) is 39.7 Å². The van der Waals surface area contributed by atoms with E-state index in [0.29, 0.717) is 22.4 Å². The highest BCUT2D eigenvalue weighted by molar-refractivity contribution is 8.01. The number of thioether (sulfide) groups is 1. The maximum absolute atomic E-state index is 12.9. The topological polar surface area (TPSA) is 148 Å². The van der Waals surface area contributed by atoms with Crippen LogP contribution < -0.4 is 27.2 Å². The van der Waals surface area contributed by atoms with Gasteiger partial charge in [0, 0.05) is 27.2 Å². The molecular formula is C16H25N7O4S2. The Morgan fingerprint density at radius 1 is 1.41 bits per heavy atom. The molecule has 11 nitrogen and oxygen atoms in total. The Morgan fingerprint density at radius 2 is 2.17 bits per heavy atom. The lowest BCUT2D eigenvalue weighted by molar-refractivity contribution is -0.116. The molecule has 2 heterocycles. The molecule has 1 amide bonds. The normalized spacial score (nSPS) is 10.9. The summed E-state index contributed by atoms with van der Waals surface area (Å²) in [7, 11) is 3.22. The molecule has 2 aromatic rings. The third-order valence-corrected chi connectivity index (χ3v) is 6.04. The van der Waals surface area contributed by atoms with E-state index in [1.54, 1.807) is 7.05 Å². The van der Waals surface area contributed by atoms with E-state index in [2.05, 4.69) is 20.5 Å². The van der Waals surface area contributed by atoms with Crippen molar-refractivity contribution in [2.24, 2.45) is 0 Å². The van der Waals surface area contributed by atoms with Crippen LogP contribution in [0.4, 0.5) is 16.6 Å². The number of hydrogen-bond acceptors (Lipinski definition) is 10. The van der Waals surface area contributed by atoms with Crippen LogP contribution in [0.5, 0.6) is 0 Å². The van der Waals surface area contributed by atoms with Crippen LogP contribution in [0.15, 0.2) is 13.9 Å². The number of anilines is 3. The van der Waals surface area contributed by atoms with Crippen molar-refractivity contribution < 1.29 is 9.53 Å². The summed E-state index contributed by atoms with van der Waals surface area (Å²) in [5.74, 6) is -0.365. The van der Waals surface area contributed by atoms with Gasteiger partial charge in [-0.1, -0.05) is 36.4 Å². The van der Waals surface area contributed by atoms with Gasteiger partial charge in [0.25, 0.3) is 5.56 Å². The SMILES string of the molecule is CCCCn1c(N)c(N(CCOC)C(=O)CSc2nnc(NC)s2)c(=O)[nH]c1=O. The summed E-state index contributed by atoms with van der Waals surface area (Å²) < 4.78 is 6.97. The number of methoxy groups -OCH3 is 1. The van der Waals surface area contributed by atoms with Gasteiger partial charge in [0.1, 0.15) is 5.82 Å². The molecule has 0 saturated carbocycles. The molecule has 29 heavy (non-hydrogen) atoms. The highest BCUT2D eigenvalue weighted by Gasteiger charge is 2.24. The summed E-state index contributed by atoms with van der Waals surface area (Å²) >= 11 is 2.52. The molecule has 0 radical (unpaired) electrons. The maximum Gasteiger partial charge on any atom is 0.330 e. The number of nitrogens with zero attached hydrogens (tertiary/aromatic N) is 4. The van der Waals surface area contributed by atoms with Crippen LogP contribution in [-0.2, 0) is 16.1 Å². The van der Waals surface area contributed by atoms with Gasteiger partial charge in [0.2, 0.25) is 11.0 Å². The molecule has 0 unspecified atom stereocenters. The molecule has 13 heteroatoms. The predicted molar refractivity (Wildman–Crippen MR) is 115 cm³/mol. The zero-order chi connectivity index (χ0) is 21.4. The number of nitrogen functional groups attached to an aromatic ring is 1. The van der Waals surface area contributed by atoms with Gasteiger partial charge in [-0.05, 0) is 6.42 Å². The summed E-state index contributed by atoms with van der Waals surface area (Å²) in [6.07, 6.45) is 1.56. The van der Waals surface area contributed by atoms with Crippen molar-refractivity contribution in [3.05, 3.63) is 20.8 Å². The number of unbranched alkanes of at least 4 members (excludes halogenated alkanes) is 1. The molecule has 0 fully saturated rings. The first-order valence-electron chi connectivity index (χ1n) is 8.98. The number of ether oxygens (including phenoxy) is 1. The van der Waals surface area contributed by atoms with E-state index in [1.807, 2.05) is 6.92 Å². The van der Waals surface area contributed by atoms with E-state index < -0.39 is 11.2 Å². The van der Waals surface area contributed by atoms with Crippen molar-refractivity contribution in [1.82, 2.24) is 19.7 Å². The van der Waals surface area contributed by atoms with E-state index in [4.69, 9.17) is 10.5 Å². The second-order valence-electron chi connectivity index (χ2n) is 5.95. The Bertz CT molecular complexity index is 940. The monoisotopic (exact) mass is 443 g/mol. The fourth-order valence-electron chi connectivity index (χ4n) is 2.49. The third-order valence-electron chi connectivity index (χ3n) is 3.98. The van der Waals surface area contributed by atoms with Gasteiger partial charge in [-0.2, -0.15) is 0 Å². The van der Waals surface area contributed by atoms with Crippen molar-refractivity contribution >= 4 is 45.6 Å². The van der Waals surface area contributed by atoms with E-state index in [9.17, 15) is 14.4 Å². The Labute approximate surface area is 175 Å². The van der Waals surface area contributed by atoms with Gasteiger partial charge < -0.3 is 20.7 Å². The molecule has 0 bridgehead atoms. The van der Waals surface area contributed by atoms with Crippen LogP contribution in [0.3, 0.4) is 0 Å². The summed E-state index contributed by atoms with van der Waals surface area (Å²) in [5, 5.41) is 11.4. The van der Waals surface area contributed by atoms with Crippen molar-refractivity contribution in [1.29, 1.82) is 0 Å². The van der Waals surface area contributed by atoms with Crippen LogP contribution in [0.1, 0.15) is 19.8 Å². The van der Waals surface area contributed by atoms with Crippen LogP contribution in [0.2, 0.25) is 0 Å². The molecule has 0 saturated heterocycles. The molecule has 0 aromatic carbocycles. The van der Waals surface area contributed by atoms with Crippen LogP contribution in [0.25, 0.3) is 0 Å². The number of H-pyrrole nitrogens is 1. The lowest BCUT2D eigenvalue weighted by Crippen LogP contribution is -2.43. The van der Waals surface area contributed by atoms with Crippen molar-refractivity contribution in [2.45, 2.75) is 30.6 Å². The van der Waals surface area contributed by atoms with Gasteiger partial charge in [-0.15, -0.1) is 10.2 Å².